The van der Waals surface area contributed by atoms with Crippen LogP contribution < -0.4 is 5.32 Å². The molecule has 2 aliphatic rings. The van der Waals surface area contributed by atoms with Crippen LogP contribution in [0.5, 0.6) is 0 Å². The fourth-order valence-electron chi connectivity index (χ4n) is 3.67. The van der Waals surface area contributed by atoms with Crippen LogP contribution in [0.25, 0.3) is 0 Å². The van der Waals surface area contributed by atoms with Crippen molar-refractivity contribution in [2.45, 2.75) is 36.2 Å². The quantitative estimate of drug-likeness (QED) is 0.618. The maximum absolute atomic E-state index is 12.7. The van der Waals surface area contributed by atoms with Crippen molar-refractivity contribution in [1.82, 2.24) is 14.8 Å². The van der Waals surface area contributed by atoms with E-state index >= 15 is 0 Å². The lowest BCUT2D eigenvalue weighted by atomic mass is 9.88. The number of anilines is 1. The molecule has 8 heteroatoms. The van der Waals surface area contributed by atoms with Crippen LogP contribution in [0.4, 0.5) is 5.95 Å². The number of aromatic nitrogens is 3. The molecular formula is C20H17ClN4O2S. The number of fused-ring (bicyclic) bond motifs is 1. The molecule has 1 aliphatic heterocycles. The first-order valence-corrected chi connectivity index (χ1v) is 10.5. The molecule has 6 nitrogen and oxygen atoms in total. The van der Waals surface area contributed by atoms with Gasteiger partial charge in [-0.05, 0) is 36.6 Å². The Labute approximate surface area is 171 Å². The lowest BCUT2D eigenvalue weighted by Gasteiger charge is -2.30. The van der Waals surface area contributed by atoms with Crippen LogP contribution >= 0.6 is 23.4 Å². The summed E-state index contributed by atoms with van der Waals surface area (Å²) < 4.78 is 7.41. The molecule has 2 aromatic heterocycles. The molecule has 0 spiro atoms. The number of rotatable bonds is 4. The number of halogens is 1. The van der Waals surface area contributed by atoms with E-state index in [-0.39, 0.29) is 11.8 Å². The highest BCUT2D eigenvalue weighted by Crippen LogP contribution is 2.40. The van der Waals surface area contributed by atoms with E-state index < -0.39 is 0 Å². The van der Waals surface area contributed by atoms with E-state index in [4.69, 9.17) is 16.0 Å². The zero-order valence-electron chi connectivity index (χ0n) is 14.9. The molecule has 1 unspecified atom stereocenters. The smallest absolute Gasteiger partial charge is 0.227 e. The summed E-state index contributed by atoms with van der Waals surface area (Å²) in [7, 11) is 0. The van der Waals surface area contributed by atoms with Gasteiger partial charge in [0.2, 0.25) is 11.1 Å². The predicted molar refractivity (Wildman–Crippen MR) is 107 cm³/mol. The van der Waals surface area contributed by atoms with Crippen LogP contribution in [0.2, 0.25) is 5.02 Å². The Bertz CT molecular complexity index is 1070. The van der Waals surface area contributed by atoms with Gasteiger partial charge >= 0.3 is 0 Å². The zero-order valence-corrected chi connectivity index (χ0v) is 16.5. The molecule has 1 aromatic carbocycles. The summed E-state index contributed by atoms with van der Waals surface area (Å²) in [6.07, 6.45) is 3.84. The molecule has 0 saturated heterocycles. The molecule has 0 radical (unpaired) electrons. The first kappa shape index (κ1) is 17.6. The second kappa shape index (κ2) is 7.14. The van der Waals surface area contributed by atoms with Crippen LogP contribution in [-0.4, -0.2) is 20.5 Å². The highest BCUT2D eigenvalue weighted by atomic mass is 35.5. The topological polar surface area (TPSA) is 73.0 Å². The summed E-state index contributed by atoms with van der Waals surface area (Å²) in [6, 6.07) is 11.1. The monoisotopic (exact) mass is 412 g/mol. The number of benzene rings is 1. The number of allylic oxidation sites excluding steroid dienone is 2. The molecule has 5 rings (SSSR count). The van der Waals surface area contributed by atoms with Crippen molar-refractivity contribution in [1.29, 1.82) is 0 Å². The first-order valence-electron chi connectivity index (χ1n) is 9.10. The minimum absolute atomic E-state index is 0.140. The average Bonchev–Trinajstić information content (AvgIpc) is 3.35. The standard InChI is InChI=1S/C20H17ClN4O2S/c21-13-6-2-1-5-12(13)11-28-20-23-19-22-14-7-3-8-15(26)17(14)18(25(19)24-20)16-9-4-10-27-16/h1-2,4-6,9-10,18H,3,7-8,11H2,(H,22,23,24). The van der Waals surface area contributed by atoms with Gasteiger partial charge in [-0.15, -0.1) is 5.10 Å². The summed E-state index contributed by atoms with van der Waals surface area (Å²) >= 11 is 7.77. The fraction of sp³-hybridized carbons (Fsp3) is 0.250. The Hall–Kier alpha value is -2.51. The SMILES string of the molecule is O=C1CCCC2=C1C(c1ccco1)n1nc(SCc3ccccc3Cl)nc1N2. The number of thioether (sulfide) groups is 1. The number of hydrogen-bond donors (Lipinski definition) is 1. The Morgan fingerprint density at radius 3 is 2.96 bits per heavy atom. The van der Waals surface area contributed by atoms with Gasteiger partial charge < -0.3 is 9.73 Å². The molecule has 1 atom stereocenters. The molecule has 0 bridgehead atoms. The van der Waals surface area contributed by atoms with Crippen molar-refractivity contribution >= 4 is 35.1 Å². The number of ketones is 1. The largest absolute Gasteiger partial charge is 0.467 e. The van der Waals surface area contributed by atoms with Gasteiger partial charge in [0, 0.05) is 28.5 Å². The maximum Gasteiger partial charge on any atom is 0.227 e. The Morgan fingerprint density at radius 2 is 2.14 bits per heavy atom. The number of Topliss-reactive ketones (excluding diaryl/α,β-unsaturated/α-hetero) is 1. The third-order valence-corrected chi connectivity index (χ3v) is 6.23. The van der Waals surface area contributed by atoms with E-state index in [1.165, 1.54) is 11.8 Å². The highest BCUT2D eigenvalue weighted by Gasteiger charge is 2.38. The molecular weight excluding hydrogens is 396 g/mol. The van der Waals surface area contributed by atoms with E-state index in [0.29, 0.717) is 29.0 Å². The van der Waals surface area contributed by atoms with Crippen molar-refractivity contribution < 1.29 is 9.21 Å². The van der Waals surface area contributed by atoms with Crippen molar-refractivity contribution in [3.8, 4) is 0 Å². The maximum atomic E-state index is 12.7. The fourth-order valence-corrected chi connectivity index (χ4v) is 4.78. The average molecular weight is 413 g/mol. The molecule has 142 valence electrons. The Morgan fingerprint density at radius 1 is 1.25 bits per heavy atom. The summed E-state index contributed by atoms with van der Waals surface area (Å²) in [5.74, 6) is 2.14. The van der Waals surface area contributed by atoms with Gasteiger partial charge in [0.1, 0.15) is 11.8 Å². The van der Waals surface area contributed by atoms with Gasteiger partial charge in [-0.3, -0.25) is 4.79 Å². The minimum atomic E-state index is -0.379. The Kier molecular flexibility index (Phi) is 4.49. The molecule has 3 aromatic rings. The number of nitrogens with one attached hydrogen (secondary N) is 1. The van der Waals surface area contributed by atoms with Crippen molar-refractivity contribution in [2.24, 2.45) is 0 Å². The van der Waals surface area contributed by atoms with Gasteiger partial charge in [0.25, 0.3) is 0 Å². The van der Waals surface area contributed by atoms with E-state index in [9.17, 15) is 4.79 Å². The van der Waals surface area contributed by atoms with Gasteiger partial charge in [0.15, 0.2) is 5.78 Å². The van der Waals surface area contributed by atoms with Gasteiger partial charge in [0.05, 0.1) is 6.26 Å². The summed E-state index contributed by atoms with van der Waals surface area (Å²) in [4.78, 5) is 17.3. The van der Waals surface area contributed by atoms with Crippen LogP contribution in [0, 0.1) is 0 Å². The van der Waals surface area contributed by atoms with E-state index in [1.54, 1.807) is 10.9 Å². The summed E-state index contributed by atoms with van der Waals surface area (Å²) in [5, 5.41) is 9.35. The first-order chi connectivity index (χ1) is 13.7. The number of carbonyl (C=O) groups excluding carboxylic acids is 1. The van der Waals surface area contributed by atoms with E-state index in [1.807, 2.05) is 36.4 Å². The number of furan rings is 1. The molecule has 0 fully saturated rings. The highest BCUT2D eigenvalue weighted by molar-refractivity contribution is 7.98. The van der Waals surface area contributed by atoms with Crippen molar-refractivity contribution in [2.75, 3.05) is 5.32 Å². The summed E-state index contributed by atoms with van der Waals surface area (Å²) in [5.41, 5.74) is 2.70. The van der Waals surface area contributed by atoms with Crippen LogP contribution in [0.15, 0.2) is 63.5 Å². The number of carbonyl (C=O) groups is 1. The molecule has 0 saturated carbocycles. The third kappa shape index (κ3) is 3.04. The van der Waals surface area contributed by atoms with Crippen molar-refractivity contribution in [3.05, 3.63) is 70.3 Å². The lowest BCUT2D eigenvalue weighted by Crippen LogP contribution is -2.31. The molecule has 1 N–H and O–H groups in total. The zero-order chi connectivity index (χ0) is 19.1. The van der Waals surface area contributed by atoms with Crippen LogP contribution in [0.3, 0.4) is 0 Å². The second-order valence-corrected chi connectivity index (χ2v) is 8.10. The molecule has 28 heavy (non-hydrogen) atoms. The Balaban J connectivity index is 1.49. The number of nitrogens with zero attached hydrogens (tertiary/aromatic N) is 3. The predicted octanol–water partition coefficient (Wildman–Crippen LogP) is 4.84. The van der Waals surface area contributed by atoms with Crippen molar-refractivity contribution in [3.63, 3.8) is 0 Å². The summed E-state index contributed by atoms with van der Waals surface area (Å²) in [6.45, 7) is 0. The molecule has 0 amide bonds. The lowest BCUT2D eigenvalue weighted by molar-refractivity contribution is -0.116. The minimum Gasteiger partial charge on any atom is -0.467 e. The van der Waals surface area contributed by atoms with Crippen LogP contribution in [-0.2, 0) is 10.5 Å². The number of hydrogen-bond acceptors (Lipinski definition) is 6. The second-order valence-electron chi connectivity index (χ2n) is 6.75. The molecule has 3 heterocycles. The third-order valence-electron chi connectivity index (χ3n) is 4.98. The van der Waals surface area contributed by atoms with Crippen LogP contribution in [0.1, 0.15) is 36.6 Å². The van der Waals surface area contributed by atoms with Gasteiger partial charge in [-0.1, -0.05) is 41.6 Å². The van der Waals surface area contributed by atoms with Gasteiger partial charge in [-0.25, -0.2) is 4.68 Å². The van der Waals surface area contributed by atoms with Gasteiger partial charge in [-0.2, -0.15) is 4.98 Å². The van der Waals surface area contributed by atoms with E-state index in [2.05, 4.69) is 15.4 Å². The molecule has 1 aliphatic carbocycles. The normalized spacial score (nSPS) is 18.6. The van der Waals surface area contributed by atoms with E-state index in [0.717, 1.165) is 34.7 Å².